The Balaban J connectivity index is 2.33. The number of carboxylic acid groups (broad SMARTS) is 1. The molecular formula is C17H22N2O5. The van der Waals surface area contributed by atoms with E-state index in [1.807, 2.05) is 20.8 Å². The molecule has 7 nitrogen and oxygen atoms in total. The van der Waals surface area contributed by atoms with Crippen LogP contribution in [0.1, 0.15) is 43.6 Å². The third-order valence-corrected chi connectivity index (χ3v) is 4.47. The lowest BCUT2D eigenvalue weighted by Gasteiger charge is -2.20. The van der Waals surface area contributed by atoms with Gasteiger partial charge in [-0.05, 0) is 17.4 Å². The molecule has 0 radical (unpaired) electrons. The molecule has 1 heterocycles. The van der Waals surface area contributed by atoms with Crippen molar-refractivity contribution in [3.63, 3.8) is 0 Å². The monoisotopic (exact) mass is 334 g/mol. The van der Waals surface area contributed by atoms with E-state index in [1.165, 1.54) is 11.0 Å². The zero-order valence-electron chi connectivity index (χ0n) is 14.3. The van der Waals surface area contributed by atoms with Gasteiger partial charge in [-0.25, -0.2) is 0 Å². The molecule has 7 heteroatoms. The van der Waals surface area contributed by atoms with Gasteiger partial charge in [-0.3, -0.25) is 19.7 Å². The summed E-state index contributed by atoms with van der Waals surface area (Å²) in [6.45, 7) is 7.87. The predicted octanol–water partition coefficient (Wildman–Crippen LogP) is 2.69. The Morgan fingerprint density at radius 2 is 1.92 bits per heavy atom. The van der Waals surface area contributed by atoms with E-state index in [2.05, 4.69) is 0 Å². The Bertz CT molecular complexity index is 693. The van der Waals surface area contributed by atoms with Gasteiger partial charge in [0.25, 0.3) is 11.6 Å². The van der Waals surface area contributed by atoms with Crippen LogP contribution in [-0.4, -0.2) is 39.9 Å². The maximum atomic E-state index is 12.6. The van der Waals surface area contributed by atoms with Crippen LogP contribution in [0.15, 0.2) is 18.2 Å². The van der Waals surface area contributed by atoms with Crippen LogP contribution in [0.5, 0.6) is 0 Å². The lowest BCUT2D eigenvalue weighted by atomic mass is 9.85. The lowest BCUT2D eigenvalue weighted by Crippen LogP contribution is -2.30. The van der Waals surface area contributed by atoms with E-state index in [1.54, 1.807) is 19.1 Å². The van der Waals surface area contributed by atoms with E-state index in [4.69, 9.17) is 5.11 Å². The summed E-state index contributed by atoms with van der Waals surface area (Å²) in [5.41, 5.74) is 0.270. The van der Waals surface area contributed by atoms with Crippen LogP contribution in [0.4, 0.5) is 5.69 Å². The van der Waals surface area contributed by atoms with Crippen LogP contribution in [0, 0.1) is 22.0 Å². The molecule has 1 aliphatic rings. The van der Waals surface area contributed by atoms with Gasteiger partial charge in [-0.1, -0.05) is 33.8 Å². The van der Waals surface area contributed by atoms with Gasteiger partial charge >= 0.3 is 5.97 Å². The van der Waals surface area contributed by atoms with E-state index < -0.39 is 22.2 Å². The first-order chi connectivity index (χ1) is 11.0. The first-order valence-corrected chi connectivity index (χ1v) is 7.83. The molecule has 1 aliphatic heterocycles. The second-order valence-electron chi connectivity index (χ2n) is 7.37. The highest BCUT2D eigenvalue weighted by Gasteiger charge is 2.37. The number of nitro groups is 1. The minimum Gasteiger partial charge on any atom is -0.481 e. The van der Waals surface area contributed by atoms with Crippen LogP contribution in [0.25, 0.3) is 0 Å². The molecule has 0 saturated carbocycles. The number of hydrogen-bond acceptors (Lipinski definition) is 4. The van der Waals surface area contributed by atoms with Gasteiger partial charge in [0, 0.05) is 30.3 Å². The fraction of sp³-hybridized carbons (Fsp3) is 0.529. The average Bonchev–Trinajstić information content (AvgIpc) is 2.87. The number of aliphatic carboxylic acids is 1. The van der Waals surface area contributed by atoms with Crippen molar-refractivity contribution in [1.29, 1.82) is 0 Å². The first-order valence-electron chi connectivity index (χ1n) is 7.83. The highest BCUT2D eigenvalue weighted by atomic mass is 16.6. The second-order valence-corrected chi connectivity index (χ2v) is 7.37. The Kier molecular flexibility index (Phi) is 4.64. The molecule has 1 aromatic rings. The standard InChI is InChI=1S/C17H22N2O5/c1-10-8-18(9-12(10)16(21)22)15(20)11-5-6-13(17(2,3)4)14(7-11)19(23)24/h5-7,10,12H,8-9H2,1-4H3,(H,21,22)/t10-,12-/m1/s1. The van der Waals surface area contributed by atoms with E-state index in [0.29, 0.717) is 12.1 Å². The summed E-state index contributed by atoms with van der Waals surface area (Å²) in [6, 6.07) is 4.48. The molecule has 1 saturated heterocycles. The van der Waals surface area contributed by atoms with Crippen molar-refractivity contribution in [3.05, 3.63) is 39.4 Å². The summed E-state index contributed by atoms with van der Waals surface area (Å²) in [4.78, 5) is 36.1. The number of amides is 1. The first kappa shape index (κ1) is 17.9. The van der Waals surface area contributed by atoms with Gasteiger partial charge in [0.15, 0.2) is 0 Å². The van der Waals surface area contributed by atoms with Gasteiger partial charge in [-0.2, -0.15) is 0 Å². The molecule has 0 aromatic heterocycles. The van der Waals surface area contributed by atoms with Crippen molar-refractivity contribution in [2.24, 2.45) is 11.8 Å². The van der Waals surface area contributed by atoms with Crippen LogP contribution in [-0.2, 0) is 10.2 Å². The fourth-order valence-electron chi connectivity index (χ4n) is 3.09. The minimum absolute atomic E-state index is 0.0876. The number of hydrogen-bond donors (Lipinski definition) is 1. The smallest absolute Gasteiger partial charge is 0.308 e. The molecule has 1 fully saturated rings. The molecule has 24 heavy (non-hydrogen) atoms. The number of nitrogens with zero attached hydrogens (tertiary/aromatic N) is 2. The summed E-state index contributed by atoms with van der Waals surface area (Å²) < 4.78 is 0. The number of carboxylic acids is 1. The largest absolute Gasteiger partial charge is 0.481 e. The number of carbonyl (C=O) groups excluding carboxylic acids is 1. The molecule has 1 amide bonds. The van der Waals surface area contributed by atoms with Crippen molar-refractivity contribution >= 4 is 17.6 Å². The number of rotatable bonds is 3. The van der Waals surface area contributed by atoms with Gasteiger partial charge in [0.2, 0.25) is 0 Å². The summed E-state index contributed by atoms with van der Waals surface area (Å²) in [7, 11) is 0. The third kappa shape index (κ3) is 3.39. The van der Waals surface area contributed by atoms with E-state index in [9.17, 15) is 19.7 Å². The van der Waals surface area contributed by atoms with Crippen molar-refractivity contribution in [2.45, 2.75) is 33.1 Å². The SMILES string of the molecule is C[C@@H]1CN(C(=O)c2ccc(C(C)(C)C)c([N+](=O)[O-])c2)C[C@H]1C(=O)O. The number of benzene rings is 1. The van der Waals surface area contributed by atoms with Gasteiger partial charge in [0.05, 0.1) is 10.8 Å². The fourth-order valence-corrected chi connectivity index (χ4v) is 3.09. The molecular weight excluding hydrogens is 312 g/mol. The quantitative estimate of drug-likeness (QED) is 0.676. The molecule has 0 aliphatic carbocycles. The van der Waals surface area contributed by atoms with E-state index >= 15 is 0 Å². The van der Waals surface area contributed by atoms with Gasteiger partial charge in [-0.15, -0.1) is 0 Å². The highest BCUT2D eigenvalue weighted by Crippen LogP contribution is 2.33. The zero-order chi connectivity index (χ0) is 18.2. The van der Waals surface area contributed by atoms with Crippen LogP contribution in [0.2, 0.25) is 0 Å². The molecule has 1 aromatic carbocycles. The van der Waals surface area contributed by atoms with Crippen LogP contribution in [0.3, 0.4) is 0 Å². The maximum Gasteiger partial charge on any atom is 0.308 e. The highest BCUT2D eigenvalue weighted by molar-refractivity contribution is 5.95. The summed E-state index contributed by atoms with van der Waals surface area (Å²) in [6.07, 6.45) is 0. The van der Waals surface area contributed by atoms with E-state index in [-0.39, 0.29) is 29.6 Å². The molecule has 2 atom stereocenters. The van der Waals surface area contributed by atoms with Crippen LogP contribution >= 0.6 is 0 Å². The summed E-state index contributed by atoms with van der Waals surface area (Å²) >= 11 is 0. The third-order valence-electron chi connectivity index (χ3n) is 4.47. The maximum absolute atomic E-state index is 12.6. The topological polar surface area (TPSA) is 101 Å². The zero-order valence-corrected chi connectivity index (χ0v) is 14.3. The molecule has 1 N–H and O–H groups in total. The average molecular weight is 334 g/mol. The molecule has 0 unspecified atom stereocenters. The Hall–Kier alpha value is -2.44. The van der Waals surface area contributed by atoms with Crippen molar-refractivity contribution in [3.8, 4) is 0 Å². The molecule has 130 valence electrons. The molecule has 2 rings (SSSR count). The minimum atomic E-state index is -0.924. The normalized spacial score (nSPS) is 20.9. The molecule has 0 bridgehead atoms. The van der Waals surface area contributed by atoms with E-state index in [0.717, 1.165) is 0 Å². The summed E-state index contributed by atoms with van der Waals surface area (Å²) in [5.74, 6) is -2.03. The van der Waals surface area contributed by atoms with Crippen molar-refractivity contribution < 1.29 is 19.6 Å². The Morgan fingerprint density at radius 3 is 2.38 bits per heavy atom. The second kappa shape index (κ2) is 6.22. The van der Waals surface area contributed by atoms with Crippen molar-refractivity contribution in [1.82, 2.24) is 4.90 Å². The Morgan fingerprint density at radius 1 is 1.29 bits per heavy atom. The summed E-state index contributed by atoms with van der Waals surface area (Å²) in [5, 5.41) is 20.5. The number of nitro benzene ring substituents is 1. The van der Waals surface area contributed by atoms with Gasteiger partial charge < -0.3 is 10.0 Å². The molecule has 0 spiro atoms. The number of carbonyl (C=O) groups is 2. The van der Waals surface area contributed by atoms with Crippen LogP contribution < -0.4 is 0 Å². The van der Waals surface area contributed by atoms with Crippen molar-refractivity contribution in [2.75, 3.05) is 13.1 Å². The number of likely N-dealkylation sites (tertiary alicyclic amines) is 1. The predicted molar refractivity (Wildman–Crippen MR) is 88.0 cm³/mol. The van der Waals surface area contributed by atoms with Gasteiger partial charge in [0.1, 0.15) is 0 Å². The lowest BCUT2D eigenvalue weighted by molar-refractivity contribution is -0.386. The Labute approximate surface area is 140 Å².